The molecule has 2 nitrogen and oxygen atoms in total. The molecule has 0 saturated heterocycles. The Morgan fingerprint density at radius 2 is 1.50 bits per heavy atom. The molecule has 14 heavy (non-hydrogen) atoms. The predicted octanol–water partition coefficient (Wildman–Crippen LogP) is 3.07. The van der Waals surface area contributed by atoms with Gasteiger partial charge in [-0.2, -0.15) is 0 Å². The van der Waals surface area contributed by atoms with Gasteiger partial charge in [-0.05, 0) is 12.1 Å². The number of hydrogen-bond acceptors (Lipinski definition) is 2. The summed E-state index contributed by atoms with van der Waals surface area (Å²) in [6.07, 6.45) is 0. The monoisotopic (exact) mass is 183 g/mol. The summed E-state index contributed by atoms with van der Waals surface area (Å²) in [6, 6.07) is 16.1. The van der Waals surface area contributed by atoms with Crippen LogP contribution < -0.4 is 10.3 Å². The maximum Gasteiger partial charge on any atom is 0.162 e. The van der Waals surface area contributed by atoms with Gasteiger partial charge in [0.25, 0.3) is 0 Å². The van der Waals surface area contributed by atoms with Crippen LogP contribution in [0.15, 0.2) is 48.5 Å². The Hall–Kier alpha value is -1.96. The van der Waals surface area contributed by atoms with Gasteiger partial charge >= 0.3 is 0 Å². The van der Waals surface area contributed by atoms with Gasteiger partial charge in [-0.1, -0.05) is 36.4 Å². The van der Waals surface area contributed by atoms with Gasteiger partial charge in [0.15, 0.2) is 5.75 Å². The van der Waals surface area contributed by atoms with E-state index in [0.29, 0.717) is 0 Å². The molecular weight excluding hydrogens is 174 g/mol. The lowest BCUT2D eigenvalue weighted by atomic mass is 10.0. The van der Waals surface area contributed by atoms with Crippen molar-refractivity contribution in [2.45, 2.75) is 0 Å². The Labute approximate surface area is 82.1 Å². The van der Waals surface area contributed by atoms with E-state index in [4.69, 9.17) is 4.84 Å². The average molecular weight is 183 g/mol. The number of fused-ring (bicyclic) bond motifs is 3. The first kappa shape index (κ1) is 7.44. The standard InChI is InChI=1S/C12H9NO/c1-3-7-11-9(5-1)10-6-2-4-8-12(10)14-13-11/h1-8,13H. The topological polar surface area (TPSA) is 21.3 Å². The number of anilines is 1. The highest BCUT2D eigenvalue weighted by atomic mass is 16.6. The van der Waals surface area contributed by atoms with E-state index in [1.807, 2.05) is 36.4 Å². The molecule has 68 valence electrons. The van der Waals surface area contributed by atoms with Crippen molar-refractivity contribution in [2.24, 2.45) is 0 Å². The van der Waals surface area contributed by atoms with E-state index in [2.05, 4.69) is 17.6 Å². The molecule has 0 radical (unpaired) electrons. The molecule has 2 heteroatoms. The largest absolute Gasteiger partial charge is 0.381 e. The van der Waals surface area contributed by atoms with Crippen LogP contribution in [0.25, 0.3) is 11.1 Å². The third-order valence-corrected chi connectivity index (χ3v) is 2.38. The molecule has 0 atom stereocenters. The van der Waals surface area contributed by atoms with E-state index in [1.54, 1.807) is 0 Å². The highest BCUT2D eigenvalue weighted by Gasteiger charge is 2.14. The van der Waals surface area contributed by atoms with Gasteiger partial charge in [0.1, 0.15) is 0 Å². The molecule has 0 saturated carbocycles. The van der Waals surface area contributed by atoms with Crippen molar-refractivity contribution in [2.75, 3.05) is 5.48 Å². The van der Waals surface area contributed by atoms with Crippen molar-refractivity contribution in [3.05, 3.63) is 48.5 Å². The smallest absolute Gasteiger partial charge is 0.162 e. The summed E-state index contributed by atoms with van der Waals surface area (Å²) in [4.78, 5) is 5.40. The number of nitrogens with one attached hydrogen (secondary N) is 1. The lowest BCUT2D eigenvalue weighted by Gasteiger charge is -2.20. The van der Waals surface area contributed by atoms with E-state index >= 15 is 0 Å². The predicted molar refractivity (Wildman–Crippen MR) is 56.1 cm³/mol. The molecule has 1 aliphatic heterocycles. The Kier molecular flexibility index (Phi) is 1.47. The lowest BCUT2D eigenvalue weighted by molar-refractivity contribution is 0.402. The second kappa shape index (κ2) is 2.77. The third kappa shape index (κ3) is 0.973. The SMILES string of the molecule is c1ccc2c(c1)NOc1ccccc1-2. The van der Waals surface area contributed by atoms with Crippen molar-refractivity contribution in [1.29, 1.82) is 0 Å². The molecule has 0 bridgehead atoms. The first-order valence-electron chi connectivity index (χ1n) is 4.56. The highest BCUT2D eigenvalue weighted by Crippen LogP contribution is 2.38. The molecule has 0 spiro atoms. The minimum Gasteiger partial charge on any atom is -0.381 e. The van der Waals surface area contributed by atoms with Crippen molar-refractivity contribution >= 4 is 5.69 Å². The van der Waals surface area contributed by atoms with Crippen LogP contribution in [0.3, 0.4) is 0 Å². The Bertz CT molecular complexity index is 434. The lowest BCUT2D eigenvalue weighted by Crippen LogP contribution is -2.10. The van der Waals surface area contributed by atoms with Crippen LogP contribution in [0.1, 0.15) is 0 Å². The molecule has 1 heterocycles. The maximum absolute atomic E-state index is 5.40. The van der Waals surface area contributed by atoms with Crippen LogP contribution in [-0.4, -0.2) is 0 Å². The van der Waals surface area contributed by atoms with Crippen molar-refractivity contribution < 1.29 is 4.84 Å². The van der Waals surface area contributed by atoms with Crippen molar-refractivity contribution in [3.8, 4) is 16.9 Å². The average Bonchev–Trinajstić information content (AvgIpc) is 2.29. The van der Waals surface area contributed by atoms with Gasteiger partial charge in [0.2, 0.25) is 0 Å². The summed E-state index contributed by atoms with van der Waals surface area (Å²) in [5.74, 6) is 0.881. The summed E-state index contributed by atoms with van der Waals surface area (Å²) in [5.41, 5.74) is 6.27. The van der Waals surface area contributed by atoms with E-state index < -0.39 is 0 Å². The molecule has 2 aromatic carbocycles. The third-order valence-electron chi connectivity index (χ3n) is 2.38. The molecular formula is C12H9NO. The molecule has 1 aliphatic rings. The van der Waals surface area contributed by atoms with Gasteiger partial charge in [-0.25, -0.2) is 5.48 Å². The highest BCUT2D eigenvalue weighted by molar-refractivity contribution is 5.83. The second-order valence-corrected chi connectivity index (χ2v) is 3.25. The number of hydrogen-bond donors (Lipinski definition) is 1. The summed E-state index contributed by atoms with van der Waals surface area (Å²) in [7, 11) is 0. The van der Waals surface area contributed by atoms with Gasteiger partial charge < -0.3 is 4.84 Å². The number of benzene rings is 2. The number of para-hydroxylation sites is 2. The minimum atomic E-state index is 0.881. The van der Waals surface area contributed by atoms with Gasteiger partial charge in [-0.15, -0.1) is 0 Å². The van der Waals surface area contributed by atoms with Crippen LogP contribution in [0.2, 0.25) is 0 Å². The molecule has 0 aliphatic carbocycles. The fourth-order valence-electron chi connectivity index (χ4n) is 1.70. The van der Waals surface area contributed by atoms with Gasteiger partial charge in [0.05, 0.1) is 5.69 Å². The summed E-state index contributed by atoms with van der Waals surface area (Å²) < 4.78 is 0. The van der Waals surface area contributed by atoms with E-state index in [-0.39, 0.29) is 0 Å². The van der Waals surface area contributed by atoms with Gasteiger partial charge in [-0.3, -0.25) is 0 Å². The Balaban J connectivity index is 2.29. The zero-order valence-corrected chi connectivity index (χ0v) is 7.53. The summed E-state index contributed by atoms with van der Waals surface area (Å²) >= 11 is 0. The first-order valence-corrected chi connectivity index (χ1v) is 4.56. The van der Waals surface area contributed by atoms with E-state index in [9.17, 15) is 0 Å². The van der Waals surface area contributed by atoms with Crippen molar-refractivity contribution in [3.63, 3.8) is 0 Å². The van der Waals surface area contributed by atoms with E-state index in [1.165, 1.54) is 5.56 Å². The molecule has 0 unspecified atom stereocenters. The van der Waals surface area contributed by atoms with Gasteiger partial charge in [0, 0.05) is 11.1 Å². The minimum absolute atomic E-state index is 0.881. The van der Waals surface area contributed by atoms with E-state index in [0.717, 1.165) is 17.0 Å². The molecule has 2 aromatic rings. The molecule has 0 aromatic heterocycles. The Morgan fingerprint density at radius 1 is 0.786 bits per heavy atom. The molecule has 1 N–H and O–H groups in total. The van der Waals surface area contributed by atoms with Crippen molar-refractivity contribution in [1.82, 2.24) is 0 Å². The van der Waals surface area contributed by atoms with Crippen LogP contribution in [0, 0.1) is 0 Å². The summed E-state index contributed by atoms with van der Waals surface area (Å²) in [5, 5.41) is 0. The fraction of sp³-hybridized carbons (Fsp3) is 0. The van der Waals surface area contributed by atoms with Crippen LogP contribution in [0.5, 0.6) is 5.75 Å². The first-order chi connectivity index (χ1) is 6.95. The molecule has 0 amide bonds. The Morgan fingerprint density at radius 3 is 2.43 bits per heavy atom. The molecule has 3 rings (SSSR count). The van der Waals surface area contributed by atoms with Crippen LogP contribution in [-0.2, 0) is 0 Å². The molecule has 0 fully saturated rings. The normalized spacial score (nSPS) is 12.0. The zero-order chi connectivity index (χ0) is 9.38. The van der Waals surface area contributed by atoms with Crippen LogP contribution >= 0.6 is 0 Å². The number of rotatable bonds is 0. The second-order valence-electron chi connectivity index (χ2n) is 3.25. The quantitative estimate of drug-likeness (QED) is 0.677. The maximum atomic E-state index is 5.40. The summed E-state index contributed by atoms with van der Waals surface area (Å²) in [6.45, 7) is 0. The fourth-order valence-corrected chi connectivity index (χ4v) is 1.70. The zero-order valence-electron chi connectivity index (χ0n) is 7.53. The van der Waals surface area contributed by atoms with Crippen LogP contribution in [0.4, 0.5) is 5.69 Å².